The second-order valence-electron chi connectivity index (χ2n) is 4.94. The van der Waals surface area contributed by atoms with Crippen LogP contribution in [0.4, 0.5) is 0 Å². The molecule has 3 heteroatoms. The molecule has 0 saturated heterocycles. The Morgan fingerprint density at radius 1 is 1.10 bits per heavy atom. The van der Waals surface area contributed by atoms with E-state index in [0.717, 1.165) is 10.9 Å². The van der Waals surface area contributed by atoms with Gasteiger partial charge in [-0.25, -0.2) is 0 Å². The first-order valence-electron chi connectivity index (χ1n) is 6.48. The van der Waals surface area contributed by atoms with Crippen LogP contribution in [0.5, 0.6) is 0 Å². The molecule has 0 aliphatic carbocycles. The molecule has 0 atom stereocenters. The molecule has 2 nitrogen and oxygen atoms in total. The predicted octanol–water partition coefficient (Wildman–Crippen LogP) is 4.49. The number of ketones is 1. The van der Waals surface area contributed by atoms with Crippen LogP contribution in [0, 0.1) is 6.92 Å². The second-order valence-corrected chi connectivity index (χ2v) is 5.37. The Hall–Kier alpha value is -2.06. The fourth-order valence-electron chi connectivity index (χ4n) is 2.31. The summed E-state index contributed by atoms with van der Waals surface area (Å²) in [7, 11) is 0. The average molecular weight is 284 g/mol. The molecule has 20 heavy (non-hydrogen) atoms. The van der Waals surface area contributed by atoms with E-state index in [-0.39, 0.29) is 5.78 Å². The van der Waals surface area contributed by atoms with E-state index in [1.54, 1.807) is 24.3 Å². The lowest BCUT2D eigenvalue weighted by Gasteiger charge is -2.06. The monoisotopic (exact) mass is 283 g/mol. The van der Waals surface area contributed by atoms with Gasteiger partial charge in [-0.1, -0.05) is 23.7 Å². The van der Waals surface area contributed by atoms with Gasteiger partial charge >= 0.3 is 0 Å². The molecule has 2 aromatic carbocycles. The van der Waals surface area contributed by atoms with Gasteiger partial charge in [0.05, 0.1) is 6.54 Å². The Balaban J connectivity index is 1.91. The highest BCUT2D eigenvalue weighted by molar-refractivity contribution is 6.30. The van der Waals surface area contributed by atoms with Crippen LogP contribution in [-0.2, 0) is 6.54 Å². The summed E-state index contributed by atoms with van der Waals surface area (Å²) in [6.45, 7) is 2.40. The third kappa shape index (κ3) is 2.47. The summed E-state index contributed by atoms with van der Waals surface area (Å²) in [5.74, 6) is 0.0840. The zero-order valence-corrected chi connectivity index (χ0v) is 11.9. The third-order valence-electron chi connectivity index (χ3n) is 3.41. The number of rotatable bonds is 3. The summed E-state index contributed by atoms with van der Waals surface area (Å²) in [6.07, 6.45) is 1.96. The van der Waals surface area contributed by atoms with Crippen molar-refractivity contribution in [3.8, 4) is 0 Å². The highest BCUT2D eigenvalue weighted by atomic mass is 35.5. The number of benzene rings is 2. The highest BCUT2D eigenvalue weighted by Gasteiger charge is 2.09. The molecule has 0 unspecified atom stereocenters. The number of aromatic nitrogens is 1. The van der Waals surface area contributed by atoms with Crippen LogP contribution < -0.4 is 0 Å². The van der Waals surface area contributed by atoms with Gasteiger partial charge < -0.3 is 4.57 Å². The molecule has 0 radical (unpaired) electrons. The summed E-state index contributed by atoms with van der Waals surface area (Å²) < 4.78 is 1.99. The van der Waals surface area contributed by atoms with Crippen molar-refractivity contribution in [2.75, 3.05) is 0 Å². The first kappa shape index (κ1) is 12.9. The number of nitrogens with zero attached hydrogens (tertiary/aromatic N) is 1. The fraction of sp³-hybridized carbons (Fsp3) is 0.118. The van der Waals surface area contributed by atoms with Gasteiger partial charge in [0.2, 0.25) is 0 Å². The molecule has 0 N–H and O–H groups in total. The maximum atomic E-state index is 12.3. The van der Waals surface area contributed by atoms with Crippen LogP contribution in [0.2, 0.25) is 5.02 Å². The predicted molar refractivity (Wildman–Crippen MR) is 82.5 cm³/mol. The minimum Gasteiger partial charge on any atom is -0.340 e. The summed E-state index contributed by atoms with van der Waals surface area (Å²) >= 11 is 5.84. The first-order valence-corrected chi connectivity index (χ1v) is 6.85. The van der Waals surface area contributed by atoms with E-state index in [2.05, 4.69) is 25.1 Å². The van der Waals surface area contributed by atoms with Crippen LogP contribution in [0.25, 0.3) is 10.9 Å². The Bertz CT molecular complexity index is 771. The van der Waals surface area contributed by atoms with Gasteiger partial charge in [-0.15, -0.1) is 0 Å². The van der Waals surface area contributed by atoms with Gasteiger partial charge in [0.25, 0.3) is 0 Å². The highest BCUT2D eigenvalue weighted by Crippen LogP contribution is 2.18. The number of halogens is 1. The molecule has 3 aromatic rings. The molecule has 100 valence electrons. The molecule has 1 heterocycles. The topological polar surface area (TPSA) is 22.0 Å². The molecule has 0 spiro atoms. The van der Waals surface area contributed by atoms with Crippen molar-refractivity contribution >= 4 is 28.3 Å². The van der Waals surface area contributed by atoms with Crippen molar-refractivity contribution in [2.45, 2.75) is 13.5 Å². The smallest absolute Gasteiger partial charge is 0.182 e. The normalized spacial score (nSPS) is 10.9. The van der Waals surface area contributed by atoms with Crippen molar-refractivity contribution in [1.29, 1.82) is 0 Å². The van der Waals surface area contributed by atoms with Crippen molar-refractivity contribution in [3.63, 3.8) is 0 Å². The van der Waals surface area contributed by atoms with E-state index in [0.29, 0.717) is 17.1 Å². The zero-order valence-electron chi connectivity index (χ0n) is 11.1. The SMILES string of the molecule is Cc1ccc2ccn(CC(=O)c3ccc(Cl)cc3)c2c1. The summed E-state index contributed by atoms with van der Waals surface area (Å²) in [6, 6.07) is 15.3. The molecule has 0 amide bonds. The standard InChI is InChI=1S/C17H14ClNO/c1-12-2-3-13-8-9-19(16(13)10-12)11-17(20)14-4-6-15(18)7-5-14/h2-10H,11H2,1H3. The molecule has 0 saturated carbocycles. The van der Waals surface area contributed by atoms with Crippen LogP contribution in [-0.4, -0.2) is 10.4 Å². The lowest BCUT2D eigenvalue weighted by atomic mass is 10.1. The number of carbonyl (C=O) groups excluding carboxylic acids is 1. The van der Waals surface area contributed by atoms with E-state index in [9.17, 15) is 4.79 Å². The van der Waals surface area contributed by atoms with Gasteiger partial charge in [0, 0.05) is 22.3 Å². The Kier molecular flexibility index (Phi) is 3.33. The lowest BCUT2D eigenvalue weighted by Crippen LogP contribution is -2.09. The van der Waals surface area contributed by atoms with E-state index >= 15 is 0 Å². The molecule has 1 aromatic heterocycles. The molecular weight excluding hydrogens is 270 g/mol. The quantitative estimate of drug-likeness (QED) is 0.649. The van der Waals surface area contributed by atoms with Gasteiger partial charge in [-0.3, -0.25) is 4.79 Å². The maximum Gasteiger partial charge on any atom is 0.182 e. The molecular formula is C17H14ClNO. The minimum absolute atomic E-state index is 0.0840. The Morgan fingerprint density at radius 3 is 2.60 bits per heavy atom. The molecule has 3 rings (SSSR count). The van der Waals surface area contributed by atoms with E-state index in [1.165, 1.54) is 5.56 Å². The number of Topliss-reactive ketones (excluding diaryl/α,β-unsaturated/α-hetero) is 1. The van der Waals surface area contributed by atoms with Crippen molar-refractivity contribution in [3.05, 3.63) is 70.9 Å². The molecule has 0 bridgehead atoms. The summed E-state index contributed by atoms with van der Waals surface area (Å²) in [5.41, 5.74) is 2.97. The van der Waals surface area contributed by atoms with Crippen LogP contribution in [0.1, 0.15) is 15.9 Å². The summed E-state index contributed by atoms with van der Waals surface area (Å²) in [5, 5.41) is 1.79. The second kappa shape index (κ2) is 5.14. The molecule has 0 aliphatic heterocycles. The number of aryl methyl sites for hydroxylation is 1. The van der Waals surface area contributed by atoms with Gasteiger partial charge in [0.15, 0.2) is 5.78 Å². The third-order valence-corrected chi connectivity index (χ3v) is 3.66. The van der Waals surface area contributed by atoms with Gasteiger partial charge in [0.1, 0.15) is 0 Å². The first-order chi connectivity index (χ1) is 9.63. The average Bonchev–Trinajstić information content (AvgIpc) is 2.82. The van der Waals surface area contributed by atoms with Crippen LogP contribution >= 0.6 is 11.6 Å². The van der Waals surface area contributed by atoms with Crippen molar-refractivity contribution < 1.29 is 4.79 Å². The summed E-state index contributed by atoms with van der Waals surface area (Å²) in [4.78, 5) is 12.3. The van der Waals surface area contributed by atoms with E-state index < -0.39 is 0 Å². The van der Waals surface area contributed by atoms with E-state index in [4.69, 9.17) is 11.6 Å². The molecule has 0 fully saturated rings. The van der Waals surface area contributed by atoms with Crippen molar-refractivity contribution in [2.24, 2.45) is 0 Å². The Labute approximate surface area is 122 Å². The van der Waals surface area contributed by atoms with Gasteiger partial charge in [-0.2, -0.15) is 0 Å². The van der Waals surface area contributed by atoms with Crippen molar-refractivity contribution in [1.82, 2.24) is 4.57 Å². The maximum absolute atomic E-state index is 12.3. The zero-order chi connectivity index (χ0) is 14.1. The number of carbonyl (C=O) groups is 1. The number of fused-ring (bicyclic) bond motifs is 1. The Morgan fingerprint density at radius 2 is 1.85 bits per heavy atom. The van der Waals surface area contributed by atoms with Gasteiger partial charge in [-0.05, 0) is 54.3 Å². The van der Waals surface area contributed by atoms with Crippen LogP contribution in [0.3, 0.4) is 0 Å². The number of hydrogen-bond acceptors (Lipinski definition) is 1. The largest absolute Gasteiger partial charge is 0.340 e. The minimum atomic E-state index is 0.0840. The lowest BCUT2D eigenvalue weighted by molar-refractivity contribution is 0.0973. The fourth-order valence-corrected chi connectivity index (χ4v) is 2.44. The van der Waals surface area contributed by atoms with Crippen LogP contribution in [0.15, 0.2) is 54.7 Å². The van der Waals surface area contributed by atoms with E-state index in [1.807, 2.05) is 16.8 Å². The number of hydrogen-bond donors (Lipinski definition) is 0. The molecule has 0 aliphatic rings.